The average Bonchev–Trinajstić information content (AvgIpc) is 3.24. The summed E-state index contributed by atoms with van der Waals surface area (Å²) in [7, 11) is 3.00. The quantitative estimate of drug-likeness (QED) is 0.775. The van der Waals surface area contributed by atoms with Gasteiger partial charge in [0, 0.05) is 19.7 Å². The molecular formula is C13H19N3O3. The van der Waals surface area contributed by atoms with E-state index < -0.39 is 5.97 Å². The summed E-state index contributed by atoms with van der Waals surface area (Å²) in [6.45, 7) is 1.31. The maximum absolute atomic E-state index is 11.5. The molecule has 1 aromatic heterocycles. The van der Waals surface area contributed by atoms with Crippen LogP contribution < -0.4 is 10.6 Å². The Morgan fingerprint density at radius 1 is 1.47 bits per heavy atom. The zero-order chi connectivity index (χ0) is 13.8. The van der Waals surface area contributed by atoms with E-state index in [0.717, 1.165) is 12.8 Å². The smallest absolute Gasteiger partial charge is 0.356 e. The van der Waals surface area contributed by atoms with Crippen LogP contribution in [0.4, 0.5) is 11.5 Å². The monoisotopic (exact) mass is 265 g/mol. The standard InChI is InChI=1S/C13H19N3O3/c1-18-8-7-16(9-3-4-9)12-10(14)5-6-11(15-12)13(17)19-2/h5-6,9H,3-4,7-8,14H2,1-2H3. The Kier molecular flexibility index (Phi) is 4.21. The van der Waals surface area contributed by atoms with Gasteiger partial charge < -0.3 is 20.1 Å². The van der Waals surface area contributed by atoms with E-state index in [0.29, 0.717) is 30.7 Å². The Bertz CT molecular complexity index is 460. The molecule has 0 saturated heterocycles. The highest BCUT2D eigenvalue weighted by atomic mass is 16.5. The lowest BCUT2D eigenvalue weighted by Crippen LogP contribution is -2.31. The number of hydrogen-bond acceptors (Lipinski definition) is 6. The first-order chi connectivity index (χ1) is 9.17. The number of esters is 1. The van der Waals surface area contributed by atoms with Crippen molar-refractivity contribution in [2.45, 2.75) is 18.9 Å². The Labute approximate surface area is 112 Å². The molecule has 104 valence electrons. The van der Waals surface area contributed by atoms with Crippen LogP contribution in [0.3, 0.4) is 0 Å². The van der Waals surface area contributed by atoms with Crippen molar-refractivity contribution in [3.8, 4) is 0 Å². The van der Waals surface area contributed by atoms with Gasteiger partial charge in [0.15, 0.2) is 11.5 Å². The summed E-state index contributed by atoms with van der Waals surface area (Å²) < 4.78 is 9.79. The van der Waals surface area contributed by atoms with Crippen LogP contribution >= 0.6 is 0 Å². The Hall–Kier alpha value is -1.82. The molecule has 2 rings (SSSR count). The Balaban J connectivity index is 2.26. The lowest BCUT2D eigenvalue weighted by atomic mass is 10.3. The fourth-order valence-electron chi connectivity index (χ4n) is 1.94. The minimum Gasteiger partial charge on any atom is -0.464 e. The largest absolute Gasteiger partial charge is 0.464 e. The molecule has 19 heavy (non-hydrogen) atoms. The molecule has 2 N–H and O–H groups in total. The topological polar surface area (TPSA) is 77.7 Å². The summed E-state index contributed by atoms with van der Waals surface area (Å²) in [5, 5.41) is 0. The van der Waals surface area contributed by atoms with Crippen LogP contribution in [0.15, 0.2) is 12.1 Å². The van der Waals surface area contributed by atoms with E-state index in [9.17, 15) is 4.79 Å². The van der Waals surface area contributed by atoms with Crippen LogP contribution in [0.5, 0.6) is 0 Å². The maximum atomic E-state index is 11.5. The highest BCUT2D eigenvalue weighted by Gasteiger charge is 2.31. The van der Waals surface area contributed by atoms with Gasteiger partial charge in [-0.15, -0.1) is 0 Å². The lowest BCUT2D eigenvalue weighted by Gasteiger charge is -2.24. The number of anilines is 2. The van der Waals surface area contributed by atoms with E-state index in [1.54, 1.807) is 19.2 Å². The molecule has 1 heterocycles. The fraction of sp³-hybridized carbons (Fsp3) is 0.538. The van der Waals surface area contributed by atoms with Crippen LogP contribution in [-0.4, -0.2) is 44.4 Å². The molecule has 0 bridgehead atoms. The van der Waals surface area contributed by atoms with Crippen LogP contribution in [0.1, 0.15) is 23.3 Å². The van der Waals surface area contributed by atoms with Crippen molar-refractivity contribution in [2.75, 3.05) is 38.0 Å². The normalized spacial score (nSPS) is 14.2. The van der Waals surface area contributed by atoms with Crippen molar-refractivity contribution in [1.29, 1.82) is 0 Å². The van der Waals surface area contributed by atoms with Crippen molar-refractivity contribution in [3.05, 3.63) is 17.8 Å². The van der Waals surface area contributed by atoms with Gasteiger partial charge in [0.1, 0.15) is 0 Å². The minimum atomic E-state index is -0.455. The molecular weight excluding hydrogens is 246 g/mol. The van der Waals surface area contributed by atoms with Gasteiger partial charge in [0.05, 0.1) is 19.4 Å². The predicted octanol–water partition coefficient (Wildman–Crippen LogP) is 1.07. The Morgan fingerprint density at radius 2 is 2.21 bits per heavy atom. The third-order valence-electron chi connectivity index (χ3n) is 3.10. The highest BCUT2D eigenvalue weighted by molar-refractivity contribution is 5.88. The fourth-order valence-corrected chi connectivity index (χ4v) is 1.94. The second-order valence-electron chi connectivity index (χ2n) is 4.52. The van der Waals surface area contributed by atoms with Crippen molar-refractivity contribution < 1.29 is 14.3 Å². The summed E-state index contributed by atoms with van der Waals surface area (Å²) >= 11 is 0. The van der Waals surface area contributed by atoms with Gasteiger partial charge in [0.25, 0.3) is 0 Å². The number of hydrogen-bond donors (Lipinski definition) is 1. The van der Waals surface area contributed by atoms with Gasteiger partial charge in [0.2, 0.25) is 0 Å². The van der Waals surface area contributed by atoms with Gasteiger partial charge in [-0.05, 0) is 25.0 Å². The van der Waals surface area contributed by atoms with Gasteiger partial charge in [-0.2, -0.15) is 0 Å². The summed E-state index contributed by atoms with van der Waals surface area (Å²) in [5.41, 5.74) is 6.81. The molecule has 0 aliphatic heterocycles. The molecule has 1 saturated carbocycles. The molecule has 0 aromatic carbocycles. The third-order valence-corrected chi connectivity index (χ3v) is 3.10. The van der Waals surface area contributed by atoms with Gasteiger partial charge >= 0.3 is 5.97 Å². The molecule has 0 unspecified atom stereocenters. The minimum absolute atomic E-state index is 0.273. The van der Waals surface area contributed by atoms with Crippen LogP contribution in [0, 0.1) is 0 Å². The number of rotatable bonds is 6. The number of carbonyl (C=O) groups is 1. The van der Waals surface area contributed by atoms with Crippen molar-refractivity contribution >= 4 is 17.5 Å². The second kappa shape index (κ2) is 5.88. The molecule has 6 nitrogen and oxygen atoms in total. The molecule has 1 aromatic rings. The molecule has 0 atom stereocenters. The zero-order valence-corrected chi connectivity index (χ0v) is 11.3. The maximum Gasteiger partial charge on any atom is 0.356 e. The number of nitrogen functional groups attached to an aromatic ring is 1. The number of methoxy groups -OCH3 is 2. The second-order valence-corrected chi connectivity index (χ2v) is 4.52. The molecule has 1 aliphatic carbocycles. The number of carbonyl (C=O) groups excluding carboxylic acids is 1. The Morgan fingerprint density at radius 3 is 2.79 bits per heavy atom. The number of nitrogens with two attached hydrogens (primary N) is 1. The molecule has 6 heteroatoms. The lowest BCUT2D eigenvalue weighted by molar-refractivity contribution is 0.0594. The van der Waals surface area contributed by atoms with E-state index in [1.807, 2.05) is 0 Å². The van der Waals surface area contributed by atoms with Crippen molar-refractivity contribution in [3.63, 3.8) is 0 Å². The van der Waals surface area contributed by atoms with E-state index in [-0.39, 0.29) is 5.69 Å². The van der Waals surface area contributed by atoms with Gasteiger partial charge in [-0.25, -0.2) is 9.78 Å². The number of ether oxygens (including phenoxy) is 2. The van der Waals surface area contributed by atoms with Gasteiger partial charge in [-0.1, -0.05) is 0 Å². The van der Waals surface area contributed by atoms with Crippen molar-refractivity contribution in [2.24, 2.45) is 0 Å². The molecule has 0 spiro atoms. The molecule has 1 aliphatic rings. The molecule has 0 amide bonds. The van der Waals surface area contributed by atoms with Crippen LogP contribution in [-0.2, 0) is 9.47 Å². The average molecular weight is 265 g/mol. The zero-order valence-electron chi connectivity index (χ0n) is 11.3. The summed E-state index contributed by atoms with van der Waals surface area (Å²) in [6, 6.07) is 3.71. The van der Waals surface area contributed by atoms with Crippen molar-refractivity contribution in [1.82, 2.24) is 4.98 Å². The third kappa shape index (κ3) is 3.14. The summed E-state index contributed by atoms with van der Waals surface area (Å²) in [6.07, 6.45) is 2.24. The SMILES string of the molecule is COCCN(c1nc(C(=O)OC)ccc1N)C1CC1. The highest BCUT2D eigenvalue weighted by Crippen LogP contribution is 2.33. The van der Waals surface area contributed by atoms with E-state index >= 15 is 0 Å². The summed E-state index contributed by atoms with van der Waals surface area (Å²) in [4.78, 5) is 18.0. The number of aromatic nitrogens is 1. The van der Waals surface area contributed by atoms with E-state index in [1.165, 1.54) is 7.11 Å². The molecule has 0 radical (unpaired) electrons. The number of pyridine rings is 1. The first-order valence-electron chi connectivity index (χ1n) is 6.27. The van der Waals surface area contributed by atoms with Crippen LogP contribution in [0.2, 0.25) is 0 Å². The predicted molar refractivity (Wildman–Crippen MR) is 72.2 cm³/mol. The van der Waals surface area contributed by atoms with E-state index in [2.05, 4.69) is 14.6 Å². The van der Waals surface area contributed by atoms with E-state index in [4.69, 9.17) is 10.5 Å². The molecule has 1 fully saturated rings. The first kappa shape index (κ1) is 13.6. The van der Waals surface area contributed by atoms with Crippen LogP contribution in [0.25, 0.3) is 0 Å². The number of nitrogens with zero attached hydrogens (tertiary/aromatic N) is 2. The van der Waals surface area contributed by atoms with Gasteiger partial charge in [-0.3, -0.25) is 0 Å². The first-order valence-corrected chi connectivity index (χ1v) is 6.27. The summed E-state index contributed by atoms with van der Waals surface area (Å²) in [5.74, 6) is 0.186.